The van der Waals surface area contributed by atoms with Gasteiger partial charge in [0.05, 0.1) is 5.69 Å². The van der Waals surface area contributed by atoms with E-state index in [0.717, 1.165) is 34.1 Å². The molecule has 0 heterocycles. The number of anilines is 6. The SMILES string of the molecule is CC1(C)c2cc(N(c3ccc(-c4ccccc4)cc3)c3ccc(-c4ccccc4)cc3)ccc2-c2ccc(N(c3ccc(-c4cccc5ccccc45)cc3)c3cccc4ccccc34)cc21. The van der Waals surface area contributed by atoms with Crippen LogP contribution in [-0.4, -0.2) is 0 Å². The van der Waals surface area contributed by atoms with E-state index < -0.39 is 0 Å². The predicted octanol–water partition coefficient (Wildman–Crippen LogP) is 18.2. The third-order valence-corrected chi connectivity index (χ3v) is 13.9. The van der Waals surface area contributed by atoms with Crippen molar-refractivity contribution >= 4 is 55.7 Å². The molecule has 11 aromatic carbocycles. The summed E-state index contributed by atoms with van der Waals surface area (Å²) in [7, 11) is 0. The minimum atomic E-state index is -0.278. The van der Waals surface area contributed by atoms with E-state index in [9.17, 15) is 0 Å². The van der Waals surface area contributed by atoms with Gasteiger partial charge in [-0.25, -0.2) is 0 Å². The van der Waals surface area contributed by atoms with Crippen LogP contribution in [0.2, 0.25) is 0 Å². The van der Waals surface area contributed by atoms with Gasteiger partial charge in [-0.15, -0.1) is 0 Å². The monoisotopic (exact) mass is 856 g/mol. The van der Waals surface area contributed by atoms with Crippen LogP contribution >= 0.6 is 0 Å². The summed E-state index contributed by atoms with van der Waals surface area (Å²) in [5.41, 5.74) is 18.9. The van der Waals surface area contributed by atoms with Crippen LogP contribution in [0.1, 0.15) is 25.0 Å². The first-order chi connectivity index (χ1) is 33.0. The highest BCUT2D eigenvalue weighted by Gasteiger charge is 2.37. The maximum Gasteiger partial charge on any atom is 0.0540 e. The Kier molecular flexibility index (Phi) is 9.88. The summed E-state index contributed by atoms with van der Waals surface area (Å²) < 4.78 is 0. The van der Waals surface area contributed by atoms with Gasteiger partial charge >= 0.3 is 0 Å². The van der Waals surface area contributed by atoms with Gasteiger partial charge in [-0.05, 0) is 139 Å². The van der Waals surface area contributed by atoms with E-state index in [1.807, 2.05) is 0 Å². The van der Waals surface area contributed by atoms with Crippen LogP contribution in [0.4, 0.5) is 34.1 Å². The van der Waals surface area contributed by atoms with Crippen LogP contribution in [-0.2, 0) is 5.41 Å². The normalized spacial score (nSPS) is 12.4. The van der Waals surface area contributed by atoms with E-state index in [1.54, 1.807) is 0 Å². The maximum atomic E-state index is 2.44. The van der Waals surface area contributed by atoms with Gasteiger partial charge in [-0.1, -0.05) is 202 Å². The summed E-state index contributed by atoms with van der Waals surface area (Å²) in [6.45, 7) is 4.78. The third-order valence-electron chi connectivity index (χ3n) is 13.9. The first-order valence-corrected chi connectivity index (χ1v) is 23.2. The number of rotatable bonds is 9. The maximum absolute atomic E-state index is 2.44. The van der Waals surface area contributed by atoms with E-state index in [0.29, 0.717) is 0 Å². The molecule has 2 heteroatoms. The lowest BCUT2D eigenvalue weighted by molar-refractivity contribution is 0.660. The molecule has 11 aromatic rings. The molecule has 0 saturated carbocycles. The van der Waals surface area contributed by atoms with Crippen LogP contribution in [0.3, 0.4) is 0 Å². The average molecular weight is 857 g/mol. The highest BCUT2D eigenvalue weighted by Crippen LogP contribution is 2.53. The molecule has 67 heavy (non-hydrogen) atoms. The minimum absolute atomic E-state index is 0.278. The van der Waals surface area contributed by atoms with Gasteiger partial charge in [-0.3, -0.25) is 0 Å². The molecule has 2 nitrogen and oxygen atoms in total. The molecule has 1 aliphatic rings. The van der Waals surface area contributed by atoms with Crippen molar-refractivity contribution in [2.45, 2.75) is 19.3 Å². The Balaban J connectivity index is 0.948. The molecular formula is C65H48N2. The fraction of sp³-hybridized carbons (Fsp3) is 0.0462. The number of fused-ring (bicyclic) bond motifs is 5. The second-order valence-corrected chi connectivity index (χ2v) is 18.2. The molecule has 1 aliphatic carbocycles. The van der Waals surface area contributed by atoms with Crippen molar-refractivity contribution in [3.05, 3.63) is 266 Å². The van der Waals surface area contributed by atoms with E-state index >= 15 is 0 Å². The number of hydrogen-bond donors (Lipinski definition) is 0. The van der Waals surface area contributed by atoms with Gasteiger partial charge in [0.2, 0.25) is 0 Å². The lowest BCUT2D eigenvalue weighted by atomic mass is 9.82. The molecule has 0 saturated heterocycles. The smallest absolute Gasteiger partial charge is 0.0540 e. The fourth-order valence-electron chi connectivity index (χ4n) is 10.4. The zero-order valence-electron chi connectivity index (χ0n) is 37.6. The summed E-state index contributed by atoms with van der Waals surface area (Å²) >= 11 is 0. The van der Waals surface area contributed by atoms with Gasteiger partial charge in [0.25, 0.3) is 0 Å². The molecule has 0 aliphatic heterocycles. The van der Waals surface area contributed by atoms with Crippen molar-refractivity contribution in [2.24, 2.45) is 0 Å². The molecule has 0 N–H and O–H groups in total. The molecule has 0 atom stereocenters. The van der Waals surface area contributed by atoms with Crippen molar-refractivity contribution < 1.29 is 0 Å². The third kappa shape index (κ3) is 7.15. The van der Waals surface area contributed by atoms with Crippen LogP contribution in [0, 0.1) is 0 Å². The molecule has 0 fully saturated rings. The summed E-state index contributed by atoms with van der Waals surface area (Å²) in [6.07, 6.45) is 0. The Hall–Kier alpha value is -8.46. The first kappa shape index (κ1) is 40.1. The molecule has 0 amide bonds. The molecule has 0 aromatic heterocycles. The van der Waals surface area contributed by atoms with E-state index in [1.165, 1.54) is 77.2 Å². The Morgan fingerprint density at radius 2 is 0.657 bits per heavy atom. The van der Waals surface area contributed by atoms with Crippen LogP contribution in [0.25, 0.3) is 66.1 Å². The molecule has 0 bridgehead atoms. The zero-order chi connectivity index (χ0) is 44.9. The van der Waals surface area contributed by atoms with Crippen LogP contribution < -0.4 is 9.80 Å². The molecule has 0 unspecified atom stereocenters. The second kappa shape index (κ2) is 16.5. The Morgan fingerprint density at radius 1 is 0.269 bits per heavy atom. The van der Waals surface area contributed by atoms with E-state index in [4.69, 9.17) is 0 Å². The molecular weight excluding hydrogens is 809 g/mol. The van der Waals surface area contributed by atoms with Gasteiger partial charge in [-0.2, -0.15) is 0 Å². The van der Waals surface area contributed by atoms with E-state index in [2.05, 4.69) is 278 Å². The van der Waals surface area contributed by atoms with Gasteiger partial charge in [0.15, 0.2) is 0 Å². The van der Waals surface area contributed by atoms with Gasteiger partial charge in [0.1, 0.15) is 0 Å². The Bertz CT molecular complexity index is 3480. The standard InChI is InChI=1S/C65H48N2/c1-65(2)62-43-55(66(52-33-27-47(28-34-52)45-15-5-3-6-16-45)53-35-29-48(30-36-53)46-17-7-4-8-18-46)39-41-60(62)61-42-40-56(44-63(61)65)67(64-26-14-22-50-20-10-12-24-59(50)64)54-37-31-51(32-38-54)58-25-13-21-49-19-9-11-23-57(49)58/h3-44H,1-2H3. The predicted molar refractivity (Wildman–Crippen MR) is 285 cm³/mol. The quantitative estimate of drug-likeness (QED) is 0.143. The first-order valence-electron chi connectivity index (χ1n) is 23.2. The molecule has 12 rings (SSSR count). The lowest BCUT2D eigenvalue weighted by Gasteiger charge is -2.30. The summed E-state index contributed by atoms with van der Waals surface area (Å²) in [5, 5.41) is 4.94. The van der Waals surface area contributed by atoms with Crippen molar-refractivity contribution in [2.75, 3.05) is 9.80 Å². The van der Waals surface area contributed by atoms with Crippen molar-refractivity contribution in [1.29, 1.82) is 0 Å². The topological polar surface area (TPSA) is 6.48 Å². The summed E-state index contributed by atoms with van der Waals surface area (Å²) in [6, 6.07) is 93.1. The van der Waals surface area contributed by atoms with Gasteiger partial charge < -0.3 is 9.80 Å². The van der Waals surface area contributed by atoms with Crippen LogP contribution in [0.5, 0.6) is 0 Å². The number of nitrogens with zero attached hydrogens (tertiary/aromatic N) is 2. The van der Waals surface area contributed by atoms with Crippen molar-refractivity contribution in [3.8, 4) is 44.5 Å². The summed E-state index contributed by atoms with van der Waals surface area (Å²) in [5.74, 6) is 0. The van der Waals surface area contributed by atoms with E-state index in [-0.39, 0.29) is 5.41 Å². The Morgan fingerprint density at radius 3 is 1.21 bits per heavy atom. The van der Waals surface area contributed by atoms with Crippen molar-refractivity contribution in [1.82, 2.24) is 0 Å². The van der Waals surface area contributed by atoms with Crippen LogP contribution in [0.15, 0.2) is 255 Å². The number of hydrogen-bond acceptors (Lipinski definition) is 2. The number of benzene rings is 11. The lowest BCUT2D eigenvalue weighted by Crippen LogP contribution is -2.17. The molecule has 318 valence electrons. The largest absolute Gasteiger partial charge is 0.310 e. The zero-order valence-corrected chi connectivity index (χ0v) is 37.6. The fourth-order valence-corrected chi connectivity index (χ4v) is 10.4. The summed E-state index contributed by atoms with van der Waals surface area (Å²) in [4.78, 5) is 4.85. The second-order valence-electron chi connectivity index (χ2n) is 18.2. The highest BCUT2D eigenvalue weighted by atomic mass is 15.1. The molecule has 0 radical (unpaired) electrons. The van der Waals surface area contributed by atoms with Crippen molar-refractivity contribution in [3.63, 3.8) is 0 Å². The average Bonchev–Trinajstić information content (AvgIpc) is 3.62. The highest BCUT2D eigenvalue weighted by molar-refractivity contribution is 6.01. The minimum Gasteiger partial charge on any atom is -0.310 e. The Labute approximate surface area is 393 Å². The molecule has 0 spiro atoms. The van der Waals surface area contributed by atoms with Gasteiger partial charge in [0, 0.05) is 39.2 Å².